The number of thiophene rings is 1. The monoisotopic (exact) mass is 867 g/mol. The molecule has 0 radical (unpaired) electrons. The van der Waals surface area contributed by atoms with E-state index in [4.69, 9.17) is 0 Å². The van der Waals surface area contributed by atoms with Gasteiger partial charge in [0.05, 0.1) is 10.6 Å². The van der Waals surface area contributed by atoms with Gasteiger partial charge >= 0.3 is 33.3 Å². The smallest absolute Gasteiger partial charge is 0.338 e. The number of carbonyl (C=O) groups is 1. The molecule has 2 saturated heterocycles. The molecule has 0 bridgehead atoms. The Morgan fingerprint density at radius 3 is 1.91 bits per heavy atom. The van der Waals surface area contributed by atoms with E-state index in [-0.39, 0.29) is 22.4 Å². The molecule has 2 aliphatic rings. The van der Waals surface area contributed by atoms with Crippen LogP contribution in [-0.2, 0) is 19.1 Å². The number of nitrogens with zero attached hydrogens (tertiary/aromatic N) is 5. The fraction of sp³-hybridized carbons (Fsp3) is 0.595. The van der Waals surface area contributed by atoms with Crippen molar-refractivity contribution in [3.63, 3.8) is 0 Å². The number of carbonyl (C=O) groups excluding carboxylic acids is 1. The topological polar surface area (TPSA) is 97.8 Å². The van der Waals surface area contributed by atoms with E-state index in [1.54, 1.807) is 46.6 Å². The summed E-state index contributed by atoms with van der Waals surface area (Å²) in [6.07, 6.45) is 0.216. The summed E-state index contributed by atoms with van der Waals surface area (Å²) in [5.74, 6) is 0. The number of anilines is 1. The minimum absolute atomic E-state index is 0.0436. The summed E-state index contributed by atoms with van der Waals surface area (Å²) in [6.45, 7) is 15.0. The van der Waals surface area contributed by atoms with E-state index < -0.39 is 32.8 Å². The van der Waals surface area contributed by atoms with Crippen LogP contribution in [0.2, 0.25) is 0 Å². The van der Waals surface area contributed by atoms with E-state index in [1.165, 1.54) is 12.1 Å². The number of urea groups is 1. The number of unbranched alkanes of at least 4 members (excludes halogenated alkanes) is 3. The Morgan fingerprint density at radius 1 is 0.828 bits per heavy atom. The lowest BCUT2D eigenvalue weighted by Crippen LogP contribution is -2.58. The summed E-state index contributed by atoms with van der Waals surface area (Å²) < 4.78 is 49.6. The normalized spacial score (nSPS) is 20.0. The molecular formula is C42H66F3N7O3P2S+2. The van der Waals surface area contributed by atoms with Crippen LogP contribution in [0.15, 0.2) is 60.7 Å². The first-order chi connectivity index (χ1) is 27.1. The van der Waals surface area contributed by atoms with E-state index in [2.05, 4.69) is 63.9 Å². The lowest BCUT2D eigenvalue weighted by atomic mass is 9.93. The molecule has 3 aromatic rings. The van der Waals surface area contributed by atoms with Crippen LogP contribution in [0.5, 0.6) is 0 Å². The van der Waals surface area contributed by atoms with Crippen molar-refractivity contribution in [2.75, 3.05) is 72.8 Å². The van der Waals surface area contributed by atoms with Gasteiger partial charge in [-0.05, 0) is 58.6 Å². The highest BCUT2D eigenvalue weighted by atomic mass is 32.1. The average molecular weight is 868 g/mol. The molecule has 4 N–H and O–H groups in total. The number of rotatable bonds is 15. The summed E-state index contributed by atoms with van der Waals surface area (Å²) in [6, 6.07) is 16.4. The second kappa shape index (κ2) is 18.7. The highest BCUT2D eigenvalue weighted by Gasteiger charge is 2.75. The van der Waals surface area contributed by atoms with Gasteiger partial charge in [0.1, 0.15) is 0 Å². The Bertz CT molecular complexity index is 1760. The molecule has 16 heteroatoms. The molecule has 0 saturated carbocycles. The van der Waals surface area contributed by atoms with Gasteiger partial charge in [0, 0.05) is 78.9 Å². The Labute approximate surface area is 349 Å². The fourth-order valence-electron chi connectivity index (χ4n) is 8.71. The molecule has 0 spiro atoms. The van der Waals surface area contributed by atoms with E-state index in [0.29, 0.717) is 57.8 Å². The zero-order valence-corrected chi connectivity index (χ0v) is 38.4. The van der Waals surface area contributed by atoms with Gasteiger partial charge in [0.25, 0.3) is 0 Å². The molecule has 58 heavy (non-hydrogen) atoms. The molecule has 3 heterocycles. The van der Waals surface area contributed by atoms with E-state index in [0.717, 1.165) is 47.2 Å². The standard InChI is InChI=1S/C42H65F3N7O3P2S/c1-10-11-12-15-25-46-38(53)52(27-32-18-20-33(21-19-32)35-16-13-14-17-36(35)42(43,44)45)26-24-34-22-23-37(58-34)47-39(56(54)48(6)28-40(2,3)29-49(56)7)57(55)50(8)30-41(4,5)31-51(57)9/h13-14,16-23,39,47,54-55H,10-12,15,24-31H2,1-9H3/q+1/p+1. The third-order valence-electron chi connectivity index (χ3n) is 11.3. The Hall–Kier alpha value is -2.38. The molecule has 2 fully saturated rings. The van der Waals surface area contributed by atoms with Crippen LogP contribution in [0.1, 0.15) is 76.3 Å². The average Bonchev–Trinajstić information content (AvgIpc) is 3.60. The second-order valence-electron chi connectivity index (χ2n) is 17.8. The highest BCUT2D eigenvalue weighted by molar-refractivity contribution is 7.84. The van der Waals surface area contributed by atoms with Gasteiger partial charge in [-0.2, -0.15) is 13.2 Å². The number of nitrogens with one attached hydrogen (secondary N) is 2. The first-order valence-electron chi connectivity index (χ1n) is 20.3. The molecule has 0 unspecified atom stereocenters. The molecule has 2 aromatic carbocycles. The van der Waals surface area contributed by atoms with Crippen molar-refractivity contribution in [2.45, 2.75) is 85.0 Å². The maximum absolute atomic E-state index is 13.8. The Kier molecular flexibility index (Phi) is 15.1. The van der Waals surface area contributed by atoms with Gasteiger partial charge in [-0.15, -0.1) is 30.0 Å². The van der Waals surface area contributed by atoms with E-state index in [9.17, 15) is 27.8 Å². The van der Waals surface area contributed by atoms with Crippen molar-refractivity contribution in [2.24, 2.45) is 10.8 Å². The van der Waals surface area contributed by atoms with Crippen LogP contribution in [0.4, 0.5) is 23.0 Å². The van der Waals surface area contributed by atoms with Crippen LogP contribution in [0.3, 0.4) is 0 Å². The van der Waals surface area contributed by atoms with Gasteiger partial charge in [0.2, 0.25) is 0 Å². The molecule has 0 atom stereocenters. The SMILES string of the molecule is CCCCCCNC(=O)N(CCc1ccc(NC([P+]2(O)N(C)CC(C)(C)CN2C)[P+]2(O)N(C)CC(C)(C)CN2C)s1)Cc1ccc(-c2ccccc2C(F)(F)F)cc1. The van der Waals surface area contributed by atoms with Crippen molar-refractivity contribution in [3.8, 4) is 11.1 Å². The first kappa shape index (κ1) is 46.7. The van der Waals surface area contributed by atoms with Gasteiger partial charge in [-0.3, -0.25) is 0 Å². The highest BCUT2D eigenvalue weighted by Crippen LogP contribution is 2.82. The predicted molar refractivity (Wildman–Crippen MR) is 237 cm³/mol. The molecular weight excluding hydrogens is 802 g/mol. The number of alkyl halides is 3. The zero-order valence-electron chi connectivity index (χ0n) is 35.8. The first-order valence-corrected chi connectivity index (χ1v) is 24.6. The molecule has 322 valence electrons. The molecule has 2 aliphatic heterocycles. The summed E-state index contributed by atoms with van der Waals surface area (Å²) in [7, 11) is 1.65. The van der Waals surface area contributed by atoms with Gasteiger partial charge in [0.15, 0.2) is 0 Å². The van der Waals surface area contributed by atoms with Gasteiger partial charge < -0.3 is 15.5 Å². The van der Waals surface area contributed by atoms with E-state index >= 15 is 0 Å². The predicted octanol–water partition coefficient (Wildman–Crippen LogP) is 9.78. The maximum atomic E-state index is 13.8. The lowest BCUT2D eigenvalue weighted by Gasteiger charge is -2.52. The minimum Gasteiger partial charge on any atom is -0.338 e. The maximum Gasteiger partial charge on any atom is 0.417 e. The molecule has 10 nitrogen and oxygen atoms in total. The third kappa shape index (κ3) is 10.7. The number of benzene rings is 2. The van der Waals surface area contributed by atoms with E-state index in [1.807, 2.05) is 40.3 Å². The minimum atomic E-state index is -4.47. The Morgan fingerprint density at radius 2 is 1.38 bits per heavy atom. The van der Waals surface area contributed by atoms with Crippen LogP contribution in [-0.4, -0.2) is 112 Å². The second-order valence-corrected chi connectivity index (χ2v) is 25.6. The van der Waals surface area contributed by atoms with Crippen LogP contribution in [0, 0.1) is 10.8 Å². The third-order valence-corrected chi connectivity index (χ3v) is 20.4. The molecule has 0 aliphatic carbocycles. The number of hydrogen-bond donors (Lipinski definition) is 4. The number of hydrogen-bond acceptors (Lipinski definition) is 9. The lowest BCUT2D eigenvalue weighted by molar-refractivity contribution is -0.137. The van der Waals surface area contributed by atoms with Crippen molar-refractivity contribution in [1.29, 1.82) is 0 Å². The quantitative estimate of drug-likeness (QED) is 0.0887. The summed E-state index contributed by atoms with van der Waals surface area (Å²) in [4.78, 5) is 42.2. The van der Waals surface area contributed by atoms with Crippen molar-refractivity contribution in [1.82, 2.24) is 28.9 Å². The van der Waals surface area contributed by atoms with Crippen LogP contribution >= 0.6 is 26.9 Å². The fourth-order valence-corrected chi connectivity index (χ4v) is 19.1. The van der Waals surface area contributed by atoms with Crippen molar-refractivity contribution >= 4 is 38.0 Å². The molecule has 1 aromatic heterocycles. The molecule has 2 amide bonds. The van der Waals surface area contributed by atoms with Crippen LogP contribution in [0.25, 0.3) is 11.1 Å². The van der Waals surface area contributed by atoms with Crippen LogP contribution < -0.4 is 10.6 Å². The van der Waals surface area contributed by atoms with Gasteiger partial charge in [-0.25, -0.2) is 14.6 Å². The Balaban J connectivity index is 1.37. The summed E-state index contributed by atoms with van der Waals surface area (Å²) in [5.41, 5.74) is -0.0391. The number of halogens is 3. The summed E-state index contributed by atoms with van der Waals surface area (Å²) in [5, 5.41) is 7.63. The van der Waals surface area contributed by atoms with Crippen molar-refractivity contribution in [3.05, 3.63) is 76.7 Å². The zero-order chi connectivity index (χ0) is 42.7. The van der Waals surface area contributed by atoms with Gasteiger partial charge in [-0.1, -0.05) is 96.3 Å². The number of amides is 2. The van der Waals surface area contributed by atoms with Crippen molar-refractivity contribution < 1.29 is 27.8 Å². The molecule has 5 rings (SSSR count). The summed E-state index contributed by atoms with van der Waals surface area (Å²) >= 11 is 1.56. The largest absolute Gasteiger partial charge is 0.417 e.